The van der Waals surface area contributed by atoms with Gasteiger partial charge in [-0.2, -0.15) is 0 Å². The zero-order valence-corrected chi connectivity index (χ0v) is 10.4. The maximum atomic E-state index is 11.6. The van der Waals surface area contributed by atoms with E-state index in [0.717, 1.165) is 17.3 Å². The van der Waals surface area contributed by atoms with Gasteiger partial charge in [-0.1, -0.05) is 0 Å². The molecule has 0 bridgehead atoms. The van der Waals surface area contributed by atoms with E-state index in [1.54, 1.807) is 18.3 Å². The van der Waals surface area contributed by atoms with E-state index in [2.05, 4.69) is 25.6 Å². The van der Waals surface area contributed by atoms with Crippen LogP contribution >= 0.6 is 15.9 Å². The largest absolute Gasteiger partial charge is 0.267 e. The first-order valence-corrected chi connectivity index (χ1v) is 7.12. The number of nitrogens with zero attached hydrogens (tertiary/aromatic N) is 1. The van der Waals surface area contributed by atoms with Gasteiger partial charge in [-0.3, -0.25) is 4.72 Å². The van der Waals surface area contributed by atoms with Crippen molar-refractivity contribution in [1.82, 2.24) is 4.98 Å². The Bertz CT molecular complexity index is 440. The molecule has 4 nitrogen and oxygen atoms in total. The minimum absolute atomic E-state index is 0.213. The number of sulfonamides is 1. The van der Waals surface area contributed by atoms with Gasteiger partial charge in [0.15, 0.2) is 0 Å². The van der Waals surface area contributed by atoms with E-state index in [-0.39, 0.29) is 5.75 Å². The molecule has 1 N–H and O–H groups in total. The van der Waals surface area contributed by atoms with Gasteiger partial charge >= 0.3 is 0 Å². The van der Waals surface area contributed by atoms with Crippen LogP contribution in [0.3, 0.4) is 0 Å². The smallest absolute Gasteiger partial charge is 0.234 e. The van der Waals surface area contributed by atoms with Crippen molar-refractivity contribution >= 4 is 31.8 Å². The lowest BCUT2D eigenvalue weighted by Gasteiger charge is -2.05. The average molecular weight is 291 g/mol. The van der Waals surface area contributed by atoms with Crippen molar-refractivity contribution < 1.29 is 8.42 Å². The molecule has 0 spiro atoms. The third-order valence-electron chi connectivity index (χ3n) is 2.14. The highest BCUT2D eigenvalue weighted by Gasteiger charge is 2.28. The lowest BCUT2D eigenvalue weighted by molar-refractivity contribution is 0.597. The third kappa shape index (κ3) is 3.46. The molecule has 1 heterocycles. The summed E-state index contributed by atoms with van der Waals surface area (Å²) in [6.07, 6.45) is 3.61. The molecule has 1 saturated carbocycles. The molecule has 0 aromatic carbocycles. The maximum Gasteiger partial charge on any atom is 0.234 e. The first-order valence-electron chi connectivity index (χ1n) is 4.67. The van der Waals surface area contributed by atoms with Crippen LogP contribution in [-0.2, 0) is 10.0 Å². The molecule has 0 saturated heterocycles. The minimum Gasteiger partial charge on any atom is -0.267 e. The summed E-state index contributed by atoms with van der Waals surface area (Å²) in [4.78, 5) is 3.95. The van der Waals surface area contributed by atoms with Crippen molar-refractivity contribution in [3.05, 3.63) is 22.8 Å². The molecule has 6 heteroatoms. The van der Waals surface area contributed by atoms with Crippen molar-refractivity contribution in [2.45, 2.75) is 12.8 Å². The van der Waals surface area contributed by atoms with Crippen LogP contribution in [0.1, 0.15) is 12.8 Å². The summed E-state index contributed by atoms with van der Waals surface area (Å²) in [5.41, 5.74) is 0. The van der Waals surface area contributed by atoms with Crippen LogP contribution in [-0.4, -0.2) is 19.2 Å². The van der Waals surface area contributed by atoms with Crippen LogP contribution in [0.25, 0.3) is 0 Å². The molecule has 1 aromatic heterocycles. The molecule has 0 unspecified atom stereocenters. The van der Waals surface area contributed by atoms with Crippen LogP contribution in [0, 0.1) is 5.92 Å². The molecule has 2 rings (SSSR count). The Morgan fingerprint density at radius 3 is 2.73 bits per heavy atom. The Kier molecular flexibility index (Phi) is 2.97. The number of aromatic nitrogens is 1. The highest BCUT2D eigenvalue weighted by Crippen LogP contribution is 2.30. The first-order chi connectivity index (χ1) is 7.05. The molecule has 1 fully saturated rings. The molecule has 82 valence electrons. The van der Waals surface area contributed by atoms with Gasteiger partial charge in [0.2, 0.25) is 10.0 Å². The normalized spacial score (nSPS) is 16.3. The zero-order valence-electron chi connectivity index (χ0n) is 7.98. The van der Waals surface area contributed by atoms with Gasteiger partial charge in [-0.25, -0.2) is 13.4 Å². The van der Waals surface area contributed by atoms with E-state index < -0.39 is 10.0 Å². The van der Waals surface area contributed by atoms with E-state index in [4.69, 9.17) is 0 Å². The maximum absolute atomic E-state index is 11.6. The Balaban J connectivity index is 2.03. The third-order valence-corrected chi connectivity index (χ3v) is 4.04. The van der Waals surface area contributed by atoms with Crippen molar-refractivity contribution in [3.63, 3.8) is 0 Å². The van der Waals surface area contributed by atoms with Crippen LogP contribution in [0.2, 0.25) is 0 Å². The number of rotatable bonds is 4. The summed E-state index contributed by atoms with van der Waals surface area (Å²) < 4.78 is 26.4. The van der Waals surface area contributed by atoms with Gasteiger partial charge in [-0.15, -0.1) is 0 Å². The Hall–Kier alpha value is -0.620. The number of hydrogen-bond acceptors (Lipinski definition) is 3. The second kappa shape index (κ2) is 4.09. The molecule has 0 radical (unpaired) electrons. The highest BCUT2D eigenvalue weighted by atomic mass is 79.9. The van der Waals surface area contributed by atoms with Crippen molar-refractivity contribution in [1.29, 1.82) is 0 Å². The second-order valence-corrected chi connectivity index (χ2v) is 6.37. The summed E-state index contributed by atoms with van der Waals surface area (Å²) in [6, 6.07) is 3.39. The molecular weight excluding hydrogens is 280 g/mol. The van der Waals surface area contributed by atoms with Crippen LogP contribution in [0.5, 0.6) is 0 Å². The number of anilines is 1. The molecule has 15 heavy (non-hydrogen) atoms. The molecule has 1 aliphatic rings. The number of nitrogens with one attached hydrogen (secondary N) is 1. The quantitative estimate of drug-likeness (QED) is 0.923. The monoisotopic (exact) mass is 290 g/mol. The molecular formula is C9H11BrN2O2S. The van der Waals surface area contributed by atoms with E-state index in [1.165, 1.54) is 0 Å². The molecule has 1 aromatic rings. The number of pyridine rings is 1. The first kappa shape index (κ1) is 10.9. The Labute approximate surface area is 97.3 Å². The predicted octanol–water partition coefficient (Wildman–Crippen LogP) is 2.00. The Morgan fingerprint density at radius 1 is 1.47 bits per heavy atom. The van der Waals surface area contributed by atoms with Crippen molar-refractivity contribution in [2.24, 2.45) is 5.92 Å². The molecule has 1 aliphatic carbocycles. The van der Waals surface area contributed by atoms with Crippen LogP contribution in [0.15, 0.2) is 22.8 Å². The fraction of sp³-hybridized carbons (Fsp3) is 0.444. The van der Waals surface area contributed by atoms with E-state index >= 15 is 0 Å². The second-order valence-electron chi connectivity index (χ2n) is 3.69. The standard InChI is InChI=1S/C9H11BrN2O2S/c10-8-3-4-9(11-5-8)12-15(13,14)6-7-1-2-7/h3-5,7H,1-2,6H2,(H,11,12). The minimum atomic E-state index is -3.21. The molecule has 0 amide bonds. The summed E-state index contributed by atoms with van der Waals surface area (Å²) in [7, 11) is -3.21. The van der Waals surface area contributed by atoms with Crippen molar-refractivity contribution in [3.8, 4) is 0 Å². The summed E-state index contributed by atoms with van der Waals surface area (Å²) in [5.74, 6) is 0.932. The SMILES string of the molecule is O=S(=O)(CC1CC1)Nc1ccc(Br)cn1. The highest BCUT2D eigenvalue weighted by molar-refractivity contribution is 9.10. The van der Waals surface area contributed by atoms with Gasteiger partial charge in [0, 0.05) is 10.7 Å². The lowest BCUT2D eigenvalue weighted by atomic mass is 10.5. The van der Waals surface area contributed by atoms with E-state index in [9.17, 15) is 8.42 Å². The van der Waals surface area contributed by atoms with Gasteiger partial charge in [0.1, 0.15) is 5.82 Å². The van der Waals surface area contributed by atoms with Gasteiger partial charge in [0.05, 0.1) is 5.75 Å². The average Bonchev–Trinajstić information content (AvgIpc) is 2.91. The molecule has 0 atom stereocenters. The molecule has 0 aliphatic heterocycles. The van der Waals surface area contributed by atoms with Gasteiger partial charge < -0.3 is 0 Å². The van der Waals surface area contributed by atoms with Crippen LogP contribution < -0.4 is 4.72 Å². The number of hydrogen-bond donors (Lipinski definition) is 1. The Morgan fingerprint density at radius 2 is 2.20 bits per heavy atom. The summed E-state index contributed by atoms with van der Waals surface area (Å²) in [5, 5.41) is 0. The summed E-state index contributed by atoms with van der Waals surface area (Å²) in [6.45, 7) is 0. The van der Waals surface area contributed by atoms with Gasteiger partial charge in [-0.05, 0) is 46.8 Å². The van der Waals surface area contributed by atoms with Gasteiger partial charge in [0.25, 0.3) is 0 Å². The lowest BCUT2D eigenvalue weighted by Crippen LogP contribution is -2.18. The fourth-order valence-electron chi connectivity index (χ4n) is 1.23. The van der Waals surface area contributed by atoms with Crippen LogP contribution in [0.4, 0.5) is 5.82 Å². The van der Waals surface area contributed by atoms with Crippen molar-refractivity contribution in [2.75, 3.05) is 10.5 Å². The summed E-state index contributed by atoms with van der Waals surface area (Å²) >= 11 is 3.24. The van der Waals surface area contributed by atoms with E-state index in [0.29, 0.717) is 11.7 Å². The predicted molar refractivity (Wildman–Crippen MR) is 62.1 cm³/mol. The fourth-order valence-corrected chi connectivity index (χ4v) is 2.94. The van der Waals surface area contributed by atoms with E-state index in [1.807, 2.05) is 0 Å². The number of halogens is 1. The topological polar surface area (TPSA) is 59.1 Å². The zero-order chi connectivity index (χ0) is 10.9.